The van der Waals surface area contributed by atoms with Gasteiger partial charge in [-0.25, -0.2) is 0 Å². The van der Waals surface area contributed by atoms with E-state index in [0.717, 1.165) is 53.6 Å². The summed E-state index contributed by atoms with van der Waals surface area (Å²) in [5, 5.41) is 0. The highest BCUT2D eigenvalue weighted by molar-refractivity contribution is 9.10. The summed E-state index contributed by atoms with van der Waals surface area (Å²) in [6, 6.07) is 1.92. The van der Waals surface area contributed by atoms with E-state index in [1.54, 1.807) is 0 Å². The quantitative estimate of drug-likeness (QED) is 0.787. The summed E-state index contributed by atoms with van der Waals surface area (Å²) < 4.78 is 12.9. The smallest absolute Gasteiger partial charge is 0.258 e. The van der Waals surface area contributed by atoms with Crippen LogP contribution in [-0.4, -0.2) is 42.2 Å². The first-order valence-electron chi connectivity index (χ1n) is 8.38. The molecule has 4 nitrogen and oxygen atoms in total. The monoisotopic (exact) mass is 379 g/mol. The van der Waals surface area contributed by atoms with Gasteiger partial charge in [-0.1, -0.05) is 15.9 Å². The molecule has 0 radical (unpaired) electrons. The number of benzene rings is 1. The molecule has 5 heteroatoms. The van der Waals surface area contributed by atoms with Crippen LogP contribution in [0.5, 0.6) is 5.75 Å². The zero-order chi connectivity index (χ0) is 16.2. The van der Waals surface area contributed by atoms with Crippen LogP contribution in [0, 0.1) is 13.8 Å². The van der Waals surface area contributed by atoms with Gasteiger partial charge in [-0.15, -0.1) is 0 Å². The zero-order valence-electron chi connectivity index (χ0n) is 13.7. The van der Waals surface area contributed by atoms with Crippen molar-refractivity contribution in [3.05, 3.63) is 27.2 Å². The lowest BCUT2D eigenvalue weighted by molar-refractivity contribution is 0.0330. The Bertz CT molecular complexity index is 663. The predicted octanol–water partition coefficient (Wildman–Crippen LogP) is 3.61. The minimum Gasteiger partial charge on any atom is -0.490 e. The van der Waals surface area contributed by atoms with Gasteiger partial charge in [0.05, 0.1) is 17.2 Å². The van der Waals surface area contributed by atoms with E-state index in [-0.39, 0.29) is 17.6 Å². The van der Waals surface area contributed by atoms with Crippen LogP contribution < -0.4 is 4.74 Å². The first kappa shape index (κ1) is 15.5. The molecule has 1 saturated heterocycles. The van der Waals surface area contributed by atoms with E-state index < -0.39 is 0 Å². The van der Waals surface area contributed by atoms with Gasteiger partial charge in [-0.05, 0) is 56.7 Å². The van der Waals surface area contributed by atoms with Crippen LogP contribution in [0.4, 0.5) is 0 Å². The first-order chi connectivity index (χ1) is 11.0. The fourth-order valence-corrected chi connectivity index (χ4v) is 4.20. The van der Waals surface area contributed by atoms with E-state index >= 15 is 0 Å². The van der Waals surface area contributed by atoms with Crippen LogP contribution in [0.25, 0.3) is 0 Å². The lowest BCUT2D eigenvalue weighted by Crippen LogP contribution is -2.47. The summed E-state index contributed by atoms with van der Waals surface area (Å²) in [5.74, 6) is 0.853. The van der Waals surface area contributed by atoms with Crippen molar-refractivity contribution in [2.75, 3.05) is 19.8 Å². The highest BCUT2D eigenvalue weighted by Gasteiger charge is 2.53. The fourth-order valence-electron chi connectivity index (χ4n) is 3.67. The molecule has 2 fully saturated rings. The van der Waals surface area contributed by atoms with E-state index in [9.17, 15) is 4.79 Å². The molecule has 1 aromatic carbocycles. The Kier molecular flexibility index (Phi) is 3.69. The van der Waals surface area contributed by atoms with Gasteiger partial charge < -0.3 is 14.4 Å². The topological polar surface area (TPSA) is 38.8 Å². The van der Waals surface area contributed by atoms with E-state index in [4.69, 9.17) is 9.47 Å². The number of carbonyl (C=O) groups is 1. The number of ether oxygens (including phenoxy) is 2. The summed E-state index contributed by atoms with van der Waals surface area (Å²) in [7, 11) is 0. The average molecular weight is 380 g/mol. The molecule has 23 heavy (non-hydrogen) atoms. The number of amides is 1. The van der Waals surface area contributed by atoms with Crippen LogP contribution in [-0.2, 0) is 4.74 Å². The molecule has 1 aliphatic carbocycles. The van der Waals surface area contributed by atoms with Gasteiger partial charge in [-0.3, -0.25) is 4.79 Å². The van der Waals surface area contributed by atoms with Crippen molar-refractivity contribution in [3.63, 3.8) is 0 Å². The Morgan fingerprint density at radius 3 is 2.78 bits per heavy atom. The van der Waals surface area contributed by atoms with E-state index in [1.807, 2.05) is 17.9 Å². The van der Waals surface area contributed by atoms with Crippen molar-refractivity contribution in [2.45, 2.75) is 51.2 Å². The third kappa shape index (κ3) is 2.49. The normalized spacial score (nSPS) is 25.3. The molecule has 2 aliphatic heterocycles. The highest BCUT2D eigenvalue weighted by atomic mass is 79.9. The molecule has 1 aromatic rings. The second-order valence-electron chi connectivity index (χ2n) is 7.05. The molecule has 1 atom stereocenters. The molecule has 0 aromatic heterocycles. The third-order valence-corrected chi connectivity index (χ3v) is 6.37. The van der Waals surface area contributed by atoms with Crippen LogP contribution in [0.2, 0.25) is 0 Å². The first-order valence-corrected chi connectivity index (χ1v) is 9.17. The van der Waals surface area contributed by atoms with Gasteiger partial charge in [0.15, 0.2) is 0 Å². The number of carbonyl (C=O) groups excluding carboxylic acids is 1. The van der Waals surface area contributed by atoms with Crippen molar-refractivity contribution >= 4 is 21.8 Å². The second kappa shape index (κ2) is 5.49. The van der Waals surface area contributed by atoms with E-state index in [1.165, 1.54) is 0 Å². The number of nitrogens with zero attached hydrogens (tertiary/aromatic N) is 1. The number of fused-ring (bicyclic) bond motifs is 1. The summed E-state index contributed by atoms with van der Waals surface area (Å²) in [6.45, 7) is 6.18. The maximum Gasteiger partial charge on any atom is 0.258 e. The standard InChI is InChI=1S/C18H22BrNO3/c1-11-12(2)16-14(8-15(11)19)17(21)20(9-13-4-3-7-22-13)18(5-6-18)10-23-16/h8,13H,3-7,9-10H2,1-2H3. The maximum atomic E-state index is 13.3. The number of hydrogen-bond acceptors (Lipinski definition) is 3. The molecule has 2 heterocycles. The van der Waals surface area contributed by atoms with Crippen molar-refractivity contribution in [2.24, 2.45) is 0 Å². The summed E-state index contributed by atoms with van der Waals surface area (Å²) >= 11 is 3.58. The zero-order valence-corrected chi connectivity index (χ0v) is 15.2. The molecule has 124 valence electrons. The van der Waals surface area contributed by atoms with Gasteiger partial charge in [0.25, 0.3) is 5.91 Å². The molecular weight excluding hydrogens is 358 g/mol. The summed E-state index contributed by atoms with van der Waals surface area (Å²) in [4.78, 5) is 15.3. The van der Waals surface area contributed by atoms with Crippen molar-refractivity contribution in [3.8, 4) is 5.75 Å². The highest BCUT2D eigenvalue weighted by Crippen LogP contribution is 2.47. The molecule has 4 rings (SSSR count). The average Bonchev–Trinajstić information content (AvgIpc) is 3.16. The molecule has 0 N–H and O–H groups in total. The molecule has 1 saturated carbocycles. The predicted molar refractivity (Wildman–Crippen MR) is 91.1 cm³/mol. The van der Waals surface area contributed by atoms with Gasteiger partial charge in [0.2, 0.25) is 0 Å². The summed E-state index contributed by atoms with van der Waals surface area (Å²) in [5.41, 5.74) is 2.75. The molecule has 1 unspecified atom stereocenters. The van der Waals surface area contributed by atoms with E-state index in [2.05, 4.69) is 22.9 Å². The minimum absolute atomic E-state index is 0.0919. The lowest BCUT2D eigenvalue weighted by Gasteiger charge is -2.31. The van der Waals surface area contributed by atoms with Gasteiger partial charge in [0.1, 0.15) is 12.4 Å². The molecule has 1 amide bonds. The second-order valence-corrected chi connectivity index (χ2v) is 7.90. The SMILES string of the molecule is Cc1c(Br)cc2c(c1C)OCC1(CC1)N(CC1CCCO1)C2=O. The Morgan fingerprint density at radius 1 is 1.35 bits per heavy atom. The van der Waals surface area contributed by atoms with Crippen molar-refractivity contribution in [1.29, 1.82) is 0 Å². The largest absolute Gasteiger partial charge is 0.490 e. The van der Waals surface area contributed by atoms with Gasteiger partial charge in [-0.2, -0.15) is 0 Å². The lowest BCUT2D eigenvalue weighted by atomic mass is 10.0. The molecule has 0 bridgehead atoms. The van der Waals surface area contributed by atoms with Crippen LogP contribution in [0.1, 0.15) is 47.2 Å². The Morgan fingerprint density at radius 2 is 2.13 bits per heavy atom. The Hall–Kier alpha value is -1.07. The molecule has 1 spiro atoms. The van der Waals surface area contributed by atoms with Crippen molar-refractivity contribution in [1.82, 2.24) is 4.90 Å². The number of halogens is 1. The Labute approximate surface area is 145 Å². The van der Waals surface area contributed by atoms with Gasteiger partial charge in [0, 0.05) is 17.6 Å². The van der Waals surface area contributed by atoms with E-state index in [0.29, 0.717) is 18.7 Å². The maximum absolute atomic E-state index is 13.3. The number of hydrogen-bond donors (Lipinski definition) is 0. The molecular formula is C18H22BrNO3. The number of rotatable bonds is 2. The summed E-state index contributed by atoms with van der Waals surface area (Å²) in [6.07, 6.45) is 4.37. The third-order valence-electron chi connectivity index (χ3n) is 5.55. The minimum atomic E-state index is -0.116. The van der Waals surface area contributed by atoms with Crippen LogP contribution in [0.15, 0.2) is 10.5 Å². The fraction of sp³-hybridized carbons (Fsp3) is 0.611. The Balaban J connectivity index is 1.73. The van der Waals surface area contributed by atoms with Gasteiger partial charge >= 0.3 is 0 Å². The van der Waals surface area contributed by atoms with Crippen LogP contribution in [0.3, 0.4) is 0 Å². The molecule has 3 aliphatic rings. The van der Waals surface area contributed by atoms with Crippen LogP contribution >= 0.6 is 15.9 Å². The van der Waals surface area contributed by atoms with Crippen molar-refractivity contribution < 1.29 is 14.3 Å².